The minimum Gasteiger partial charge on any atom is -0.493 e. The Morgan fingerprint density at radius 2 is 1.75 bits per heavy atom. The molecule has 174 valence electrons. The number of likely N-dealkylation sites (N-methyl/N-ethyl adjacent to an activating group) is 1. The molecule has 32 heavy (non-hydrogen) atoms. The molecular weight excluding hydrogens is 451 g/mol. The fraction of sp³-hybridized carbons (Fsp3) is 0.435. The van der Waals surface area contributed by atoms with Crippen molar-refractivity contribution in [2.24, 2.45) is 0 Å². The summed E-state index contributed by atoms with van der Waals surface area (Å²) in [5, 5.41) is 3.93. The minimum atomic E-state index is -0.0928. The number of rotatable bonds is 9. The molecule has 0 bridgehead atoms. The molecule has 2 aromatic carbocycles. The summed E-state index contributed by atoms with van der Waals surface area (Å²) >= 11 is 12.3. The monoisotopic (exact) mass is 480 g/mol. The van der Waals surface area contributed by atoms with Crippen LogP contribution in [0.5, 0.6) is 11.5 Å². The third-order valence-electron chi connectivity index (χ3n) is 5.63. The van der Waals surface area contributed by atoms with E-state index in [1.165, 1.54) is 0 Å². The maximum Gasteiger partial charge on any atom is 0.321 e. The van der Waals surface area contributed by atoms with Crippen molar-refractivity contribution in [1.29, 1.82) is 0 Å². The molecule has 9 heteroatoms. The SMILES string of the molecule is COc1cc2c(cc1OC)N(CCCN(C)CCc1cc(Cl)c(N)c(Cl)c1)C(=O)NCC2. The van der Waals surface area contributed by atoms with Crippen molar-refractivity contribution in [3.8, 4) is 11.5 Å². The van der Waals surface area contributed by atoms with Gasteiger partial charge in [-0.3, -0.25) is 4.90 Å². The van der Waals surface area contributed by atoms with Gasteiger partial charge in [0.25, 0.3) is 0 Å². The van der Waals surface area contributed by atoms with Crippen molar-refractivity contribution in [2.75, 3.05) is 58.1 Å². The Kier molecular flexibility index (Phi) is 8.34. The highest BCUT2D eigenvalue weighted by Gasteiger charge is 2.24. The molecule has 0 unspecified atom stereocenters. The zero-order valence-electron chi connectivity index (χ0n) is 18.7. The number of hydrogen-bond acceptors (Lipinski definition) is 5. The first-order valence-electron chi connectivity index (χ1n) is 10.6. The number of nitrogens with zero attached hydrogens (tertiary/aromatic N) is 2. The van der Waals surface area contributed by atoms with E-state index in [2.05, 4.69) is 17.3 Å². The van der Waals surface area contributed by atoms with Gasteiger partial charge < -0.3 is 25.4 Å². The maximum atomic E-state index is 12.7. The number of carbonyl (C=O) groups excluding carboxylic acids is 1. The van der Waals surface area contributed by atoms with Crippen molar-refractivity contribution < 1.29 is 14.3 Å². The Morgan fingerprint density at radius 3 is 2.41 bits per heavy atom. The van der Waals surface area contributed by atoms with Gasteiger partial charge in [0.2, 0.25) is 0 Å². The number of halogens is 2. The van der Waals surface area contributed by atoms with Crippen LogP contribution in [0.1, 0.15) is 17.5 Å². The van der Waals surface area contributed by atoms with Gasteiger partial charge in [-0.25, -0.2) is 4.79 Å². The zero-order chi connectivity index (χ0) is 23.3. The lowest BCUT2D eigenvalue weighted by molar-refractivity contribution is 0.246. The zero-order valence-corrected chi connectivity index (χ0v) is 20.2. The predicted octanol–water partition coefficient (Wildman–Crippen LogP) is 4.23. The molecule has 2 aromatic rings. The number of carbonyl (C=O) groups is 1. The van der Waals surface area contributed by atoms with E-state index in [9.17, 15) is 4.79 Å². The molecule has 1 heterocycles. The second kappa shape index (κ2) is 11.0. The molecule has 0 atom stereocenters. The van der Waals surface area contributed by atoms with Crippen molar-refractivity contribution in [3.05, 3.63) is 45.4 Å². The average Bonchev–Trinajstić information content (AvgIpc) is 2.92. The van der Waals surface area contributed by atoms with Gasteiger partial charge in [0.05, 0.1) is 35.6 Å². The fourth-order valence-electron chi connectivity index (χ4n) is 3.80. The summed E-state index contributed by atoms with van der Waals surface area (Å²) in [6.45, 7) is 2.86. The Bertz CT molecular complexity index is 947. The molecule has 7 nitrogen and oxygen atoms in total. The number of anilines is 2. The molecule has 0 fully saturated rings. The highest BCUT2D eigenvalue weighted by molar-refractivity contribution is 6.38. The van der Waals surface area contributed by atoms with E-state index in [1.807, 2.05) is 24.3 Å². The molecule has 1 aliphatic heterocycles. The van der Waals surface area contributed by atoms with E-state index in [4.69, 9.17) is 38.4 Å². The van der Waals surface area contributed by atoms with Crippen LogP contribution >= 0.6 is 23.2 Å². The van der Waals surface area contributed by atoms with E-state index < -0.39 is 0 Å². The highest BCUT2D eigenvalue weighted by atomic mass is 35.5. The Morgan fingerprint density at radius 1 is 1.09 bits per heavy atom. The number of hydrogen-bond donors (Lipinski definition) is 2. The van der Waals surface area contributed by atoms with E-state index in [-0.39, 0.29) is 6.03 Å². The van der Waals surface area contributed by atoms with Crippen LogP contribution in [0.3, 0.4) is 0 Å². The quantitative estimate of drug-likeness (QED) is 0.524. The molecule has 0 saturated heterocycles. The minimum absolute atomic E-state index is 0.0928. The van der Waals surface area contributed by atoms with Crippen LogP contribution < -0.4 is 25.4 Å². The molecule has 3 N–H and O–H groups in total. The van der Waals surface area contributed by atoms with Crippen LogP contribution in [0, 0.1) is 0 Å². The summed E-state index contributed by atoms with van der Waals surface area (Å²) in [6.07, 6.45) is 2.37. The summed E-state index contributed by atoms with van der Waals surface area (Å²) < 4.78 is 10.9. The molecular formula is C23H30Cl2N4O3. The van der Waals surface area contributed by atoms with Gasteiger partial charge in [0.1, 0.15) is 0 Å². The Labute approximate surface area is 199 Å². The second-order valence-electron chi connectivity index (χ2n) is 7.85. The number of ether oxygens (including phenoxy) is 2. The van der Waals surface area contributed by atoms with Crippen molar-refractivity contribution >= 4 is 40.6 Å². The van der Waals surface area contributed by atoms with Gasteiger partial charge in [-0.05, 0) is 62.2 Å². The third-order valence-corrected chi connectivity index (χ3v) is 6.26. The first-order chi connectivity index (χ1) is 15.3. The van der Waals surface area contributed by atoms with Crippen LogP contribution in [0.25, 0.3) is 0 Å². The van der Waals surface area contributed by atoms with E-state index >= 15 is 0 Å². The summed E-state index contributed by atoms with van der Waals surface area (Å²) in [6, 6.07) is 7.46. The number of nitrogens with one attached hydrogen (secondary N) is 1. The van der Waals surface area contributed by atoms with Crippen molar-refractivity contribution in [1.82, 2.24) is 10.2 Å². The van der Waals surface area contributed by atoms with Gasteiger partial charge in [0, 0.05) is 25.7 Å². The summed E-state index contributed by atoms with van der Waals surface area (Å²) in [7, 11) is 5.27. The molecule has 0 saturated carbocycles. The molecule has 0 aromatic heterocycles. The van der Waals surface area contributed by atoms with E-state index in [0.717, 1.165) is 49.2 Å². The smallest absolute Gasteiger partial charge is 0.321 e. The third kappa shape index (κ3) is 5.71. The molecule has 1 aliphatic rings. The van der Waals surface area contributed by atoms with Gasteiger partial charge in [-0.1, -0.05) is 23.2 Å². The number of benzene rings is 2. The number of nitrogens with two attached hydrogens (primary N) is 1. The number of nitrogen functional groups attached to an aromatic ring is 1. The molecule has 2 amide bonds. The first kappa shape index (κ1) is 24.3. The maximum absolute atomic E-state index is 12.7. The van der Waals surface area contributed by atoms with Crippen LogP contribution in [-0.4, -0.2) is 58.4 Å². The van der Waals surface area contributed by atoms with Crippen LogP contribution in [0.4, 0.5) is 16.2 Å². The number of fused-ring (bicyclic) bond motifs is 1. The summed E-state index contributed by atoms with van der Waals surface area (Å²) in [4.78, 5) is 16.7. The van der Waals surface area contributed by atoms with Crippen LogP contribution in [0.15, 0.2) is 24.3 Å². The average molecular weight is 481 g/mol. The molecule has 0 radical (unpaired) electrons. The Balaban J connectivity index is 1.60. The molecule has 0 spiro atoms. The standard InChI is InChI=1S/C23H30Cl2N4O3/c1-28(10-6-15-11-17(24)22(26)18(25)12-15)8-4-9-29-19-14-21(32-3)20(31-2)13-16(19)5-7-27-23(29)30/h11-14H,4-10,26H2,1-3H3,(H,27,30). The lowest BCUT2D eigenvalue weighted by atomic mass is 10.1. The lowest BCUT2D eigenvalue weighted by Gasteiger charge is -2.25. The lowest BCUT2D eigenvalue weighted by Crippen LogP contribution is -2.40. The Hall–Kier alpha value is -2.35. The first-order valence-corrected chi connectivity index (χ1v) is 11.3. The van der Waals surface area contributed by atoms with Gasteiger partial charge in [-0.15, -0.1) is 0 Å². The topological polar surface area (TPSA) is 80.1 Å². The largest absolute Gasteiger partial charge is 0.493 e. The fourth-order valence-corrected chi connectivity index (χ4v) is 4.34. The normalized spacial score (nSPS) is 13.6. The molecule has 0 aliphatic carbocycles. The molecule has 3 rings (SSSR count). The highest BCUT2D eigenvalue weighted by Crippen LogP contribution is 2.36. The van der Waals surface area contributed by atoms with E-state index in [1.54, 1.807) is 19.1 Å². The number of methoxy groups -OCH3 is 2. The van der Waals surface area contributed by atoms with Crippen molar-refractivity contribution in [2.45, 2.75) is 19.3 Å². The van der Waals surface area contributed by atoms with E-state index in [0.29, 0.717) is 40.3 Å². The van der Waals surface area contributed by atoms with Gasteiger partial charge in [-0.2, -0.15) is 0 Å². The number of amides is 2. The van der Waals surface area contributed by atoms with Gasteiger partial charge in [0.15, 0.2) is 11.5 Å². The number of urea groups is 1. The predicted molar refractivity (Wildman–Crippen MR) is 131 cm³/mol. The van der Waals surface area contributed by atoms with Crippen LogP contribution in [-0.2, 0) is 12.8 Å². The summed E-state index contributed by atoms with van der Waals surface area (Å²) in [5.41, 5.74) is 9.19. The second-order valence-corrected chi connectivity index (χ2v) is 8.66. The summed E-state index contributed by atoms with van der Waals surface area (Å²) in [5.74, 6) is 1.28. The van der Waals surface area contributed by atoms with Crippen LogP contribution in [0.2, 0.25) is 10.0 Å². The van der Waals surface area contributed by atoms with Gasteiger partial charge >= 0.3 is 6.03 Å². The van der Waals surface area contributed by atoms with Crippen molar-refractivity contribution in [3.63, 3.8) is 0 Å².